The molecule has 8 heteroatoms. The van der Waals surface area contributed by atoms with Gasteiger partial charge in [-0.1, -0.05) is 23.7 Å². The molecule has 1 aliphatic heterocycles. The van der Waals surface area contributed by atoms with E-state index in [-0.39, 0.29) is 12.3 Å². The van der Waals surface area contributed by atoms with E-state index in [4.69, 9.17) is 11.6 Å². The van der Waals surface area contributed by atoms with E-state index in [1.165, 1.54) is 6.92 Å². The standard InChI is InChI=1S/C17H21ClN2O4S/c1-11(21)19-14(12-2-4-13(18)5-3-12)10-15(22)20-17(16(23)24)6-8-25-9-7-17/h2-5,14H,6-10H2,1H3,(H,19,21)(H,20,22)(H,23,24). The normalized spacial score (nSPS) is 17.4. The molecule has 1 aromatic carbocycles. The number of carboxylic acid groups (broad SMARTS) is 1. The van der Waals surface area contributed by atoms with Crippen LogP contribution in [-0.2, 0) is 14.4 Å². The van der Waals surface area contributed by atoms with Gasteiger partial charge in [0.15, 0.2) is 0 Å². The highest BCUT2D eigenvalue weighted by atomic mass is 35.5. The minimum atomic E-state index is -1.22. The van der Waals surface area contributed by atoms with Crippen molar-refractivity contribution in [3.63, 3.8) is 0 Å². The number of carbonyl (C=O) groups excluding carboxylic acids is 2. The molecule has 1 unspecified atom stereocenters. The third-order valence-corrected chi connectivity index (χ3v) is 5.41. The van der Waals surface area contributed by atoms with Crippen molar-refractivity contribution in [2.75, 3.05) is 11.5 Å². The maximum absolute atomic E-state index is 12.5. The number of hydrogen-bond donors (Lipinski definition) is 3. The van der Waals surface area contributed by atoms with Gasteiger partial charge in [-0.3, -0.25) is 9.59 Å². The van der Waals surface area contributed by atoms with Crippen LogP contribution in [0.2, 0.25) is 5.02 Å². The Balaban J connectivity index is 2.11. The molecule has 0 spiro atoms. The number of nitrogens with one attached hydrogen (secondary N) is 2. The molecule has 1 aliphatic rings. The monoisotopic (exact) mass is 384 g/mol. The zero-order chi connectivity index (χ0) is 18.4. The molecular formula is C17H21ClN2O4S. The predicted molar refractivity (Wildman–Crippen MR) is 97.7 cm³/mol. The second kappa shape index (κ2) is 8.58. The van der Waals surface area contributed by atoms with Gasteiger partial charge in [0.2, 0.25) is 11.8 Å². The Kier molecular flexibility index (Phi) is 6.72. The van der Waals surface area contributed by atoms with Crippen molar-refractivity contribution in [3.05, 3.63) is 34.9 Å². The quantitative estimate of drug-likeness (QED) is 0.699. The van der Waals surface area contributed by atoms with Crippen LogP contribution < -0.4 is 10.6 Å². The molecule has 0 aromatic heterocycles. The molecular weight excluding hydrogens is 364 g/mol. The second-order valence-corrected chi connectivity index (χ2v) is 7.72. The maximum Gasteiger partial charge on any atom is 0.329 e. The Morgan fingerprint density at radius 3 is 2.36 bits per heavy atom. The average Bonchev–Trinajstić information content (AvgIpc) is 2.55. The van der Waals surface area contributed by atoms with Gasteiger partial charge < -0.3 is 15.7 Å². The summed E-state index contributed by atoms with van der Waals surface area (Å²) >= 11 is 7.55. The number of rotatable bonds is 6. The summed E-state index contributed by atoms with van der Waals surface area (Å²) in [4.78, 5) is 35.6. The molecule has 6 nitrogen and oxygen atoms in total. The van der Waals surface area contributed by atoms with E-state index in [0.29, 0.717) is 29.4 Å². The predicted octanol–water partition coefficient (Wildman–Crippen LogP) is 2.37. The Labute approximate surface area is 155 Å². The molecule has 1 saturated heterocycles. The number of amides is 2. The number of halogens is 1. The van der Waals surface area contributed by atoms with Gasteiger partial charge >= 0.3 is 5.97 Å². The van der Waals surface area contributed by atoms with Gasteiger partial charge in [0.25, 0.3) is 0 Å². The molecule has 0 aliphatic carbocycles. The van der Waals surface area contributed by atoms with E-state index in [9.17, 15) is 19.5 Å². The van der Waals surface area contributed by atoms with Gasteiger partial charge in [-0.15, -0.1) is 0 Å². The molecule has 2 amide bonds. The summed E-state index contributed by atoms with van der Waals surface area (Å²) in [6, 6.07) is 6.29. The molecule has 0 bridgehead atoms. The van der Waals surface area contributed by atoms with E-state index < -0.39 is 23.5 Å². The summed E-state index contributed by atoms with van der Waals surface area (Å²) in [5, 5.41) is 15.5. The van der Waals surface area contributed by atoms with Crippen molar-refractivity contribution in [3.8, 4) is 0 Å². The van der Waals surface area contributed by atoms with Crippen molar-refractivity contribution >= 4 is 41.1 Å². The zero-order valence-corrected chi connectivity index (χ0v) is 15.5. The molecule has 3 N–H and O–H groups in total. The molecule has 1 aromatic rings. The van der Waals surface area contributed by atoms with Crippen LogP contribution in [0.1, 0.15) is 37.8 Å². The molecule has 0 saturated carbocycles. The van der Waals surface area contributed by atoms with Gasteiger partial charge in [0.05, 0.1) is 12.5 Å². The summed E-state index contributed by atoms with van der Waals surface area (Å²) in [6.07, 6.45) is 0.748. The molecule has 1 fully saturated rings. The lowest BCUT2D eigenvalue weighted by Gasteiger charge is -2.34. The first-order valence-electron chi connectivity index (χ1n) is 7.97. The maximum atomic E-state index is 12.5. The lowest BCUT2D eigenvalue weighted by molar-refractivity contribution is -0.148. The van der Waals surface area contributed by atoms with E-state index in [2.05, 4.69) is 10.6 Å². The molecule has 0 radical (unpaired) electrons. The van der Waals surface area contributed by atoms with Crippen molar-refractivity contribution in [1.82, 2.24) is 10.6 Å². The Bertz CT molecular complexity index is 645. The topological polar surface area (TPSA) is 95.5 Å². The summed E-state index contributed by atoms with van der Waals surface area (Å²) in [5.74, 6) is -0.292. The largest absolute Gasteiger partial charge is 0.480 e. The van der Waals surface area contributed by atoms with Crippen molar-refractivity contribution in [2.45, 2.75) is 37.8 Å². The third kappa shape index (κ3) is 5.37. The summed E-state index contributed by atoms with van der Waals surface area (Å²) < 4.78 is 0. The molecule has 25 heavy (non-hydrogen) atoms. The lowest BCUT2D eigenvalue weighted by Crippen LogP contribution is -2.57. The minimum absolute atomic E-state index is 0.0383. The van der Waals surface area contributed by atoms with E-state index >= 15 is 0 Å². The summed E-state index contributed by atoms with van der Waals surface area (Å²) in [6.45, 7) is 1.37. The van der Waals surface area contributed by atoms with Crippen LogP contribution in [0.3, 0.4) is 0 Å². The Hall–Kier alpha value is -1.73. The third-order valence-electron chi connectivity index (χ3n) is 4.17. The van der Waals surface area contributed by atoms with E-state index in [1.54, 1.807) is 36.0 Å². The second-order valence-electron chi connectivity index (χ2n) is 6.06. The highest BCUT2D eigenvalue weighted by Crippen LogP contribution is 2.28. The summed E-state index contributed by atoms with van der Waals surface area (Å²) in [5.41, 5.74) is -0.485. The Morgan fingerprint density at radius 2 is 1.84 bits per heavy atom. The first-order valence-corrected chi connectivity index (χ1v) is 9.50. The van der Waals surface area contributed by atoms with Crippen LogP contribution >= 0.6 is 23.4 Å². The lowest BCUT2D eigenvalue weighted by atomic mass is 9.91. The fraction of sp³-hybridized carbons (Fsp3) is 0.471. The fourth-order valence-corrected chi connectivity index (χ4v) is 4.12. The molecule has 136 valence electrons. The van der Waals surface area contributed by atoms with Gasteiger partial charge in [-0.25, -0.2) is 4.79 Å². The first kappa shape index (κ1) is 19.6. The zero-order valence-electron chi connectivity index (χ0n) is 13.9. The highest BCUT2D eigenvalue weighted by Gasteiger charge is 2.41. The number of aliphatic carboxylic acids is 1. The number of benzene rings is 1. The van der Waals surface area contributed by atoms with Crippen LogP contribution in [0.4, 0.5) is 0 Å². The average molecular weight is 385 g/mol. The van der Waals surface area contributed by atoms with Gasteiger partial charge in [0.1, 0.15) is 5.54 Å². The SMILES string of the molecule is CC(=O)NC(CC(=O)NC1(C(=O)O)CCSCC1)c1ccc(Cl)cc1. The smallest absolute Gasteiger partial charge is 0.329 e. The van der Waals surface area contributed by atoms with Crippen LogP contribution in [0.15, 0.2) is 24.3 Å². The van der Waals surface area contributed by atoms with Crippen LogP contribution in [0.5, 0.6) is 0 Å². The van der Waals surface area contributed by atoms with E-state index in [1.807, 2.05) is 0 Å². The first-order chi connectivity index (χ1) is 11.8. The van der Waals surface area contributed by atoms with Crippen molar-refractivity contribution in [2.24, 2.45) is 0 Å². The molecule has 1 atom stereocenters. The molecule has 2 rings (SSSR count). The van der Waals surface area contributed by atoms with Crippen molar-refractivity contribution < 1.29 is 19.5 Å². The van der Waals surface area contributed by atoms with Gasteiger partial charge in [-0.2, -0.15) is 11.8 Å². The van der Waals surface area contributed by atoms with E-state index in [0.717, 1.165) is 5.56 Å². The van der Waals surface area contributed by atoms with Crippen LogP contribution in [0.25, 0.3) is 0 Å². The number of carbonyl (C=O) groups is 3. The number of carboxylic acids is 1. The van der Waals surface area contributed by atoms with Crippen molar-refractivity contribution in [1.29, 1.82) is 0 Å². The van der Waals surface area contributed by atoms with Crippen LogP contribution in [-0.4, -0.2) is 39.9 Å². The minimum Gasteiger partial charge on any atom is -0.480 e. The van der Waals surface area contributed by atoms with Crippen LogP contribution in [0, 0.1) is 0 Å². The highest BCUT2D eigenvalue weighted by molar-refractivity contribution is 7.99. The van der Waals surface area contributed by atoms with Gasteiger partial charge in [-0.05, 0) is 42.0 Å². The molecule has 1 heterocycles. The fourth-order valence-electron chi connectivity index (χ4n) is 2.81. The van der Waals surface area contributed by atoms with Gasteiger partial charge in [0, 0.05) is 11.9 Å². The number of hydrogen-bond acceptors (Lipinski definition) is 4. The Morgan fingerprint density at radius 1 is 1.24 bits per heavy atom. The summed E-state index contributed by atoms with van der Waals surface area (Å²) in [7, 11) is 0. The number of thioether (sulfide) groups is 1.